The molecule has 0 aromatic carbocycles. The third kappa shape index (κ3) is 4.47. The Bertz CT molecular complexity index is 1180. The zero-order chi connectivity index (χ0) is 22.9. The second kappa shape index (κ2) is 9.37. The van der Waals surface area contributed by atoms with Crippen LogP contribution < -0.4 is 5.32 Å². The molecule has 2 N–H and O–H groups in total. The minimum atomic E-state index is -0.427. The Hall–Kier alpha value is -2.54. The highest BCUT2D eigenvalue weighted by molar-refractivity contribution is 6.29. The fraction of sp³-hybridized carbons (Fsp3) is 0.520. The number of halogens is 2. The number of anilines is 1. The smallest absolute Gasteiger partial charge is 0.191 e. The van der Waals surface area contributed by atoms with Crippen LogP contribution >= 0.6 is 11.6 Å². The van der Waals surface area contributed by atoms with Crippen molar-refractivity contribution in [2.75, 3.05) is 12.4 Å². The van der Waals surface area contributed by atoms with E-state index in [0.29, 0.717) is 33.4 Å². The van der Waals surface area contributed by atoms with Gasteiger partial charge in [0.05, 0.1) is 11.8 Å². The Kier molecular flexibility index (Phi) is 6.32. The van der Waals surface area contributed by atoms with Gasteiger partial charge in [-0.05, 0) is 61.9 Å². The third-order valence-corrected chi connectivity index (χ3v) is 7.61. The van der Waals surface area contributed by atoms with E-state index in [1.54, 1.807) is 45.3 Å². The number of hydrogen-bond acceptors (Lipinski definition) is 5. The van der Waals surface area contributed by atoms with Crippen molar-refractivity contribution in [1.29, 1.82) is 0 Å². The van der Waals surface area contributed by atoms with E-state index in [2.05, 4.69) is 37.2 Å². The molecule has 0 amide bonds. The quantitative estimate of drug-likeness (QED) is 0.449. The van der Waals surface area contributed by atoms with Gasteiger partial charge in [0.1, 0.15) is 16.4 Å². The summed E-state index contributed by atoms with van der Waals surface area (Å²) in [5, 5.41) is 3.09. The lowest BCUT2D eigenvalue weighted by Crippen LogP contribution is -2.29. The summed E-state index contributed by atoms with van der Waals surface area (Å²) in [6.07, 6.45) is 15.7. The maximum absolute atomic E-state index is 14.6. The van der Waals surface area contributed by atoms with Gasteiger partial charge in [-0.25, -0.2) is 24.3 Å². The van der Waals surface area contributed by atoms with Gasteiger partial charge < -0.3 is 10.3 Å². The molecule has 7 rings (SSSR count). The van der Waals surface area contributed by atoms with E-state index in [9.17, 15) is 4.39 Å². The first-order valence-corrected chi connectivity index (χ1v) is 12.4. The molecule has 3 fully saturated rings. The van der Waals surface area contributed by atoms with E-state index in [0.717, 1.165) is 42.6 Å². The number of rotatable bonds is 3. The lowest BCUT2D eigenvalue weighted by atomic mass is 9.65. The van der Waals surface area contributed by atoms with E-state index in [-0.39, 0.29) is 5.82 Å². The van der Waals surface area contributed by atoms with Gasteiger partial charge in [0.25, 0.3) is 0 Å². The molecule has 0 spiro atoms. The average molecular weight is 469 g/mol. The first-order valence-electron chi connectivity index (χ1n) is 12.0. The number of nitrogens with zero attached hydrogens (tertiary/aromatic N) is 4. The third-order valence-electron chi connectivity index (χ3n) is 7.43. The van der Waals surface area contributed by atoms with Crippen molar-refractivity contribution in [3.05, 3.63) is 35.1 Å². The summed E-state index contributed by atoms with van der Waals surface area (Å²) in [6.45, 7) is 2.44. The molecule has 6 nitrogen and oxygen atoms in total. The molecule has 4 aliphatic carbocycles. The van der Waals surface area contributed by atoms with Crippen LogP contribution in [0, 0.1) is 23.6 Å². The highest BCUT2D eigenvalue weighted by Crippen LogP contribution is 2.44. The van der Waals surface area contributed by atoms with Crippen molar-refractivity contribution in [2.24, 2.45) is 17.8 Å². The van der Waals surface area contributed by atoms with E-state index >= 15 is 0 Å². The summed E-state index contributed by atoms with van der Waals surface area (Å²) in [5.41, 5.74) is 3.06. The molecule has 8 heteroatoms. The molecule has 0 saturated heterocycles. The number of nitrogens with one attached hydrogen (secondary N) is 2. The number of fused-ring (bicyclic) bond motifs is 4. The molecular weight excluding hydrogens is 439 g/mol. The largest absolute Gasteiger partial charge is 0.371 e. The number of H-pyrrole nitrogens is 1. The highest BCUT2D eigenvalue weighted by atomic mass is 35.5. The molecule has 0 aliphatic heterocycles. The Morgan fingerprint density at radius 3 is 2.58 bits per heavy atom. The topological polar surface area (TPSA) is 79.4 Å². The van der Waals surface area contributed by atoms with Crippen LogP contribution in [0.25, 0.3) is 28.1 Å². The van der Waals surface area contributed by atoms with Crippen LogP contribution in [0.4, 0.5) is 10.2 Å². The van der Waals surface area contributed by atoms with Gasteiger partial charge >= 0.3 is 0 Å². The van der Waals surface area contributed by atoms with Gasteiger partial charge in [-0.1, -0.05) is 37.4 Å². The van der Waals surface area contributed by atoms with Gasteiger partial charge in [-0.3, -0.25) is 0 Å². The molecule has 33 heavy (non-hydrogen) atoms. The molecule has 0 radical (unpaired) electrons. The van der Waals surface area contributed by atoms with Gasteiger partial charge in [0.2, 0.25) is 0 Å². The zero-order valence-corrected chi connectivity index (χ0v) is 19.9. The predicted molar refractivity (Wildman–Crippen MR) is 130 cm³/mol. The number of allylic oxidation sites excluding steroid dienone is 2. The molecular formula is C25H30ClFN6. The molecule has 4 aliphatic rings. The van der Waals surface area contributed by atoms with Gasteiger partial charge in [-0.2, -0.15) is 0 Å². The molecule has 3 aromatic heterocycles. The fourth-order valence-electron chi connectivity index (χ4n) is 5.59. The van der Waals surface area contributed by atoms with E-state index in [4.69, 9.17) is 11.6 Å². The first-order chi connectivity index (χ1) is 16.0. The summed E-state index contributed by atoms with van der Waals surface area (Å²) in [7, 11) is 1.64. The predicted octanol–water partition coefficient (Wildman–Crippen LogP) is 6.65. The van der Waals surface area contributed by atoms with E-state index in [1.807, 2.05) is 6.08 Å². The van der Waals surface area contributed by atoms with Gasteiger partial charge in [0.15, 0.2) is 23.1 Å². The second-order valence-corrected chi connectivity index (χ2v) is 9.90. The van der Waals surface area contributed by atoms with Crippen LogP contribution in [0.5, 0.6) is 0 Å². The zero-order valence-electron chi connectivity index (χ0n) is 19.2. The van der Waals surface area contributed by atoms with Crippen molar-refractivity contribution in [1.82, 2.24) is 24.9 Å². The summed E-state index contributed by atoms with van der Waals surface area (Å²) >= 11 is 5.86. The fourth-order valence-corrected chi connectivity index (χ4v) is 5.72. The molecule has 2 bridgehead atoms. The summed E-state index contributed by atoms with van der Waals surface area (Å²) in [4.78, 5) is 20.2. The second-order valence-electron chi connectivity index (χ2n) is 9.52. The number of hydrogen-bond donors (Lipinski definition) is 2. The molecule has 3 heterocycles. The van der Waals surface area contributed by atoms with E-state index < -0.39 is 5.82 Å². The van der Waals surface area contributed by atoms with Crippen LogP contribution in [0.1, 0.15) is 64.0 Å². The van der Waals surface area contributed by atoms with Crippen molar-refractivity contribution >= 4 is 34.2 Å². The highest BCUT2D eigenvalue weighted by Gasteiger charge is 2.32. The van der Waals surface area contributed by atoms with Crippen molar-refractivity contribution in [3.63, 3.8) is 0 Å². The summed E-state index contributed by atoms with van der Waals surface area (Å²) in [5.74, 6) is 3.45. The monoisotopic (exact) mass is 468 g/mol. The Labute approximate surface area is 198 Å². The van der Waals surface area contributed by atoms with Crippen molar-refractivity contribution in [2.45, 2.75) is 58.3 Å². The van der Waals surface area contributed by atoms with E-state index in [1.165, 1.54) is 6.20 Å². The Morgan fingerprint density at radius 1 is 1.15 bits per heavy atom. The number of aromatic amines is 1. The van der Waals surface area contributed by atoms with Crippen LogP contribution in [-0.4, -0.2) is 32.0 Å². The molecule has 3 saturated carbocycles. The van der Waals surface area contributed by atoms with Crippen LogP contribution in [0.2, 0.25) is 5.15 Å². The van der Waals surface area contributed by atoms with Crippen LogP contribution in [-0.2, 0) is 0 Å². The van der Waals surface area contributed by atoms with Crippen molar-refractivity contribution < 1.29 is 4.39 Å². The lowest BCUT2D eigenvalue weighted by Gasteiger charge is -2.40. The van der Waals surface area contributed by atoms with Crippen LogP contribution in [0.3, 0.4) is 0 Å². The van der Waals surface area contributed by atoms with Crippen LogP contribution in [0.15, 0.2) is 18.5 Å². The molecule has 1 unspecified atom stereocenters. The lowest BCUT2D eigenvalue weighted by molar-refractivity contribution is 0.111. The maximum atomic E-state index is 14.6. The summed E-state index contributed by atoms with van der Waals surface area (Å²) < 4.78 is 14.6. The van der Waals surface area contributed by atoms with Crippen molar-refractivity contribution in [3.8, 4) is 11.4 Å². The molecule has 1 atom stereocenters. The normalized spacial score (nSPS) is 23.9. The molecule has 3 aromatic rings. The van der Waals surface area contributed by atoms with Gasteiger partial charge in [-0.15, -0.1) is 0 Å². The minimum Gasteiger partial charge on any atom is -0.371 e. The first kappa shape index (κ1) is 22.3. The Morgan fingerprint density at radius 2 is 1.97 bits per heavy atom. The standard InChI is InChI=1S/C16H14ClFN6.C9H16/c1-19-15-11(18)12(8-4-2-3-5-8)23-14(24-15)9-6-21-16-13(9)20-7-10(17)22-16;1-7-6-8-2-4-9(7)5-3-8/h4,6-7H,2-3,5H2,1H3,(H,21,22)(H,19,23,24);7-9H,2-6H2,1H3. The summed E-state index contributed by atoms with van der Waals surface area (Å²) in [6, 6.07) is 0. The Balaban J connectivity index is 0.000000211. The van der Waals surface area contributed by atoms with Gasteiger partial charge in [0, 0.05) is 13.2 Å². The minimum absolute atomic E-state index is 0.166. The number of aromatic nitrogens is 5. The SMILES string of the molecule is CC1CC2CCC1CC2.CNc1nc(-c2c[nH]c3nc(Cl)cnc23)nc(C2=CCCC2)c1F. The molecule has 174 valence electrons. The average Bonchev–Trinajstić information content (AvgIpc) is 3.50. The maximum Gasteiger partial charge on any atom is 0.191 e.